The Labute approximate surface area is 160 Å². The highest BCUT2D eigenvalue weighted by Gasteiger charge is 2.24. The molecule has 1 aromatic carbocycles. The molecule has 2 aromatic rings. The molecule has 26 heavy (non-hydrogen) atoms. The SMILES string of the molecule is CC(N)C1CCN(C(=O)CCc2ccc(-c3ccccc3F)o2)CC1.Cl. The van der Waals surface area contributed by atoms with E-state index in [1.54, 1.807) is 24.3 Å². The van der Waals surface area contributed by atoms with Crippen LogP contribution in [0.25, 0.3) is 11.3 Å². The third kappa shape index (κ3) is 4.86. The second-order valence-electron chi connectivity index (χ2n) is 6.82. The lowest BCUT2D eigenvalue weighted by Gasteiger charge is -2.33. The zero-order valence-corrected chi connectivity index (χ0v) is 15.8. The van der Waals surface area contributed by atoms with Crippen molar-refractivity contribution in [2.45, 2.75) is 38.6 Å². The Kier molecular flexibility index (Phi) is 7.23. The predicted molar refractivity (Wildman–Crippen MR) is 103 cm³/mol. The molecule has 0 aliphatic carbocycles. The molecular formula is C20H26ClFN2O2. The maximum atomic E-state index is 13.8. The lowest BCUT2D eigenvalue weighted by atomic mass is 9.91. The highest BCUT2D eigenvalue weighted by molar-refractivity contribution is 5.85. The Hall–Kier alpha value is -1.85. The molecule has 0 saturated carbocycles. The molecule has 0 spiro atoms. The summed E-state index contributed by atoms with van der Waals surface area (Å²) >= 11 is 0. The molecule has 1 fully saturated rings. The van der Waals surface area contributed by atoms with E-state index in [1.807, 2.05) is 17.9 Å². The fourth-order valence-electron chi connectivity index (χ4n) is 3.38. The van der Waals surface area contributed by atoms with Gasteiger partial charge in [0.1, 0.15) is 17.3 Å². The van der Waals surface area contributed by atoms with Gasteiger partial charge in [0, 0.05) is 32.0 Å². The number of hydrogen-bond acceptors (Lipinski definition) is 3. The second-order valence-corrected chi connectivity index (χ2v) is 6.82. The van der Waals surface area contributed by atoms with Gasteiger partial charge >= 0.3 is 0 Å². The summed E-state index contributed by atoms with van der Waals surface area (Å²) in [6.07, 6.45) is 2.89. The van der Waals surface area contributed by atoms with E-state index in [1.165, 1.54) is 6.07 Å². The van der Waals surface area contributed by atoms with Gasteiger partial charge < -0.3 is 15.1 Å². The number of nitrogens with zero attached hydrogens (tertiary/aromatic N) is 1. The van der Waals surface area contributed by atoms with Gasteiger partial charge in [0.2, 0.25) is 5.91 Å². The van der Waals surface area contributed by atoms with E-state index in [0.717, 1.165) is 25.9 Å². The number of nitrogens with two attached hydrogens (primary N) is 1. The molecule has 1 aromatic heterocycles. The number of furan rings is 1. The van der Waals surface area contributed by atoms with Crippen molar-refractivity contribution in [3.05, 3.63) is 48.0 Å². The third-order valence-electron chi connectivity index (χ3n) is 5.02. The fourth-order valence-corrected chi connectivity index (χ4v) is 3.38. The summed E-state index contributed by atoms with van der Waals surface area (Å²) < 4.78 is 19.5. The van der Waals surface area contributed by atoms with Crippen LogP contribution in [0, 0.1) is 11.7 Å². The van der Waals surface area contributed by atoms with E-state index in [2.05, 4.69) is 0 Å². The number of amides is 1. The molecule has 2 N–H and O–H groups in total. The van der Waals surface area contributed by atoms with Gasteiger partial charge in [-0.3, -0.25) is 4.79 Å². The first kappa shape index (κ1) is 20.5. The van der Waals surface area contributed by atoms with Gasteiger partial charge in [-0.1, -0.05) is 12.1 Å². The second kappa shape index (κ2) is 9.19. The van der Waals surface area contributed by atoms with Crippen molar-refractivity contribution in [3.8, 4) is 11.3 Å². The van der Waals surface area contributed by atoms with Gasteiger partial charge in [-0.05, 0) is 49.9 Å². The van der Waals surface area contributed by atoms with Crippen molar-refractivity contribution in [1.29, 1.82) is 0 Å². The first-order valence-electron chi connectivity index (χ1n) is 8.91. The Morgan fingerprint density at radius 3 is 2.62 bits per heavy atom. The quantitative estimate of drug-likeness (QED) is 0.852. The first-order chi connectivity index (χ1) is 12.0. The van der Waals surface area contributed by atoms with Crippen LogP contribution in [0.1, 0.15) is 31.9 Å². The smallest absolute Gasteiger partial charge is 0.223 e. The molecular weight excluding hydrogens is 355 g/mol. The number of halogens is 2. The van der Waals surface area contributed by atoms with Gasteiger partial charge in [0.15, 0.2) is 0 Å². The molecule has 1 aliphatic rings. The summed E-state index contributed by atoms with van der Waals surface area (Å²) in [6.45, 7) is 3.60. The summed E-state index contributed by atoms with van der Waals surface area (Å²) in [4.78, 5) is 14.3. The molecule has 1 unspecified atom stereocenters. The number of rotatable bonds is 5. The number of aryl methyl sites for hydroxylation is 1. The lowest BCUT2D eigenvalue weighted by molar-refractivity contribution is -0.132. The maximum Gasteiger partial charge on any atom is 0.223 e. The average molecular weight is 381 g/mol. The van der Waals surface area contributed by atoms with Crippen LogP contribution < -0.4 is 5.73 Å². The monoisotopic (exact) mass is 380 g/mol. The largest absolute Gasteiger partial charge is 0.461 e. The summed E-state index contributed by atoms with van der Waals surface area (Å²) in [5.74, 6) is 1.55. The van der Waals surface area contributed by atoms with E-state index in [4.69, 9.17) is 10.2 Å². The molecule has 1 atom stereocenters. The zero-order chi connectivity index (χ0) is 17.8. The van der Waals surface area contributed by atoms with Gasteiger partial charge in [0.05, 0.1) is 5.56 Å². The number of carbonyl (C=O) groups is 1. The zero-order valence-electron chi connectivity index (χ0n) is 15.0. The maximum absolute atomic E-state index is 13.8. The Balaban J connectivity index is 0.00000243. The van der Waals surface area contributed by atoms with Gasteiger partial charge in [-0.15, -0.1) is 12.4 Å². The van der Waals surface area contributed by atoms with Crippen molar-refractivity contribution in [3.63, 3.8) is 0 Å². The number of likely N-dealkylation sites (tertiary alicyclic amines) is 1. The summed E-state index contributed by atoms with van der Waals surface area (Å²) in [5.41, 5.74) is 6.38. The minimum absolute atomic E-state index is 0. The summed E-state index contributed by atoms with van der Waals surface area (Å²) in [5, 5.41) is 0. The Morgan fingerprint density at radius 1 is 1.27 bits per heavy atom. The molecule has 0 radical (unpaired) electrons. The molecule has 4 nitrogen and oxygen atoms in total. The van der Waals surface area contributed by atoms with Crippen LogP contribution in [0.5, 0.6) is 0 Å². The molecule has 0 bridgehead atoms. The van der Waals surface area contributed by atoms with Crippen LogP contribution in [-0.4, -0.2) is 29.9 Å². The summed E-state index contributed by atoms with van der Waals surface area (Å²) in [6, 6.07) is 10.3. The molecule has 3 rings (SSSR count). The molecule has 2 heterocycles. The van der Waals surface area contributed by atoms with Crippen LogP contribution >= 0.6 is 12.4 Å². The highest BCUT2D eigenvalue weighted by atomic mass is 35.5. The van der Waals surface area contributed by atoms with Crippen LogP contribution in [0.3, 0.4) is 0 Å². The van der Waals surface area contributed by atoms with E-state index in [0.29, 0.717) is 35.8 Å². The fraction of sp³-hybridized carbons (Fsp3) is 0.450. The van der Waals surface area contributed by atoms with E-state index in [9.17, 15) is 9.18 Å². The number of piperidine rings is 1. The summed E-state index contributed by atoms with van der Waals surface area (Å²) in [7, 11) is 0. The van der Waals surface area contributed by atoms with Crippen LogP contribution in [-0.2, 0) is 11.2 Å². The average Bonchev–Trinajstić information content (AvgIpc) is 3.09. The third-order valence-corrected chi connectivity index (χ3v) is 5.02. The lowest BCUT2D eigenvalue weighted by Crippen LogP contribution is -2.42. The molecule has 1 amide bonds. The predicted octanol–water partition coefficient (Wildman–Crippen LogP) is 4.03. The first-order valence-corrected chi connectivity index (χ1v) is 8.91. The Morgan fingerprint density at radius 2 is 1.96 bits per heavy atom. The van der Waals surface area contributed by atoms with Crippen molar-refractivity contribution in [1.82, 2.24) is 4.90 Å². The van der Waals surface area contributed by atoms with Crippen LogP contribution in [0.15, 0.2) is 40.8 Å². The molecule has 1 saturated heterocycles. The van der Waals surface area contributed by atoms with Crippen molar-refractivity contribution in [2.75, 3.05) is 13.1 Å². The number of hydrogen-bond donors (Lipinski definition) is 1. The van der Waals surface area contributed by atoms with Crippen molar-refractivity contribution >= 4 is 18.3 Å². The Bertz CT molecular complexity index is 724. The van der Waals surface area contributed by atoms with Crippen LogP contribution in [0.2, 0.25) is 0 Å². The standard InChI is InChI=1S/C20H25FN2O2.ClH/c1-14(22)15-10-12-23(13-11-15)20(24)9-7-16-6-8-19(25-16)17-4-2-3-5-18(17)21;/h2-6,8,14-15H,7,9-13,22H2,1H3;1H. The number of benzene rings is 1. The molecule has 6 heteroatoms. The van der Waals surface area contributed by atoms with Gasteiger partial charge in [-0.25, -0.2) is 4.39 Å². The highest BCUT2D eigenvalue weighted by Crippen LogP contribution is 2.26. The van der Waals surface area contributed by atoms with Gasteiger partial charge in [0.25, 0.3) is 0 Å². The van der Waals surface area contributed by atoms with E-state index in [-0.39, 0.29) is 30.2 Å². The van der Waals surface area contributed by atoms with Crippen LogP contribution in [0.4, 0.5) is 4.39 Å². The topological polar surface area (TPSA) is 59.5 Å². The van der Waals surface area contributed by atoms with Crippen molar-refractivity contribution < 1.29 is 13.6 Å². The minimum Gasteiger partial charge on any atom is -0.461 e. The van der Waals surface area contributed by atoms with Crippen molar-refractivity contribution in [2.24, 2.45) is 11.7 Å². The van der Waals surface area contributed by atoms with E-state index >= 15 is 0 Å². The molecule has 142 valence electrons. The minimum atomic E-state index is -0.309. The molecule has 1 aliphatic heterocycles. The normalized spacial score (nSPS) is 16.2. The van der Waals surface area contributed by atoms with E-state index < -0.39 is 0 Å². The number of carbonyl (C=O) groups excluding carboxylic acids is 1. The van der Waals surface area contributed by atoms with Gasteiger partial charge in [-0.2, -0.15) is 0 Å².